The third kappa shape index (κ3) is 4.75. The van der Waals surface area contributed by atoms with Crippen molar-refractivity contribution in [1.82, 2.24) is 9.78 Å². The van der Waals surface area contributed by atoms with Gasteiger partial charge in [0, 0.05) is 18.2 Å². The van der Waals surface area contributed by atoms with Crippen LogP contribution in [0.4, 0.5) is 5.69 Å². The highest BCUT2D eigenvalue weighted by molar-refractivity contribution is 6.31. The van der Waals surface area contributed by atoms with E-state index in [4.69, 9.17) is 16.3 Å². The second-order valence-corrected chi connectivity index (χ2v) is 7.08. The molecule has 0 saturated heterocycles. The zero-order valence-corrected chi connectivity index (χ0v) is 17.5. The third-order valence-corrected chi connectivity index (χ3v) is 4.96. The first-order valence-electron chi connectivity index (χ1n) is 9.16. The number of aryl methyl sites for hydroxylation is 1. The van der Waals surface area contributed by atoms with Gasteiger partial charge in [0.25, 0.3) is 0 Å². The summed E-state index contributed by atoms with van der Waals surface area (Å²) in [6.07, 6.45) is 0. The fraction of sp³-hybridized carbons (Fsp3) is 0.182. The quantitative estimate of drug-likeness (QED) is 0.473. The number of hydrogen-bond donors (Lipinski definition) is 1. The van der Waals surface area contributed by atoms with Crippen LogP contribution < -0.4 is 5.32 Å². The van der Waals surface area contributed by atoms with Gasteiger partial charge < -0.3 is 10.1 Å². The molecular formula is C22H20ClN3O4. The lowest BCUT2D eigenvalue weighted by Gasteiger charge is -2.07. The number of ketones is 1. The maximum atomic E-state index is 12.3. The van der Waals surface area contributed by atoms with Crippen LogP contribution in [0, 0.1) is 13.8 Å². The largest absolute Gasteiger partial charge is 0.454 e. The minimum absolute atomic E-state index is 0.199. The first-order chi connectivity index (χ1) is 14.3. The fourth-order valence-corrected chi connectivity index (χ4v) is 2.97. The number of esters is 1. The molecule has 0 aliphatic heterocycles. The van der Waals surface area contributed by atoms with Crippen LogP contribution in [0.1, 0.15) is 39.0 Å². The number of amides is 1. The van der Waals surface area contributed by atoms with Crippen LogP contribution in [0.2, 0.25) is 5.02 Å². The Bertz CT molecular complexity index is 1100. The molecule has 1 heterocycles. The molecule has 0 bridgehead atoms. The number of carbonyl (C=O) groups excluding carboxylic acids is 3. The second kappa shape index (κ2) is 8.92. The normalized spacial score (nSPS) is 10.5. The summed E-state index contributed by atoms with van der Waals surface area (Å²) in [6, 6.07) is 13.0. The van der Waals surface area contributed by atoms with Gasteiger partial charge in [-0.15, -0.1) is 0 Å². The first-order valence-corrected chi connectivity index (χ1v) is 9.54. The topological polar surface area (TPSA) is 90.3 Å². The number of carbonyl (C=O) groups is 3. The summed E-state index contributed by atoms with van der Waals surface area (Å²) >= 11 is 6.17. The molecule has 0 unspecified atom stereocenters. The van der Waals surface area contributed by atoms with Crippen LogP contribution in [-0.4, -0.2) is 34.0 Å². The Morgan fingerprint density at radius 3 is 2.13 bits per heavy atom. The van der Waals surface area contributed by atoms with Gasteiger partial charge in [-0.05, 0) is 62.4 Å². The number of benzene rings is 2. The fourth-order valence-electron chi connectivity index (χ4n) is 2.85. The van der Waals surface area contributed by atoms with E-state index in [0.29, 0.717) is 21.8 Å². The number of nitrogens with zero attached hydrogens (tertiary/aromatic N) is 2. The molecule has 3 rings (SSSR count). The van der Waals surface area contributed by atoms with Crippen molar-refractivity contribution in [3.05, 3.63) is 76.1 Å². The van der Waals surface area contributed by atoms with Gasteiger partial charge in [0.15, 0.2) is 12.4 Å². The molecule has 1 amide bonds. The monoisotopic (exact) mass is 425 g/mol. The number of Topliss-reactive ketones (excluding diaryl/α,β-unsaturated/α-hetero) is 1. The summed E-state index contributed by atoms with van der Waals surface area (Å²) < 4.78 is 6.83. The van der Waals surface area contributed by atoms with E-state index in [1.165, 1.54) is 6.92 Å². The second-order valence-electron chi connectivity index (χ2n) is 6.70. The van der Waals surface area contributed by atoms with Crippen molar-refractivity contribution in [3.8, 4) is 5.69 Å². The Morgan fingerprint density at radius 1 is 1.00 bits per heavy atom. The standard InChI is InChI=1S/C22H20ClN3O4/c1-13-21(23)14(2)26(25-13)19-10-6-17(7-11-19)22(29)30-12-20(28)16-4-8-18(9-5-16)24-15(3)27/h4-11H,12H2,1-3H3,(H,24,27). The van der Waals surface area contributed by atoms with Gasteiger partial charge >= 0.3 is 5.97 Å². The summed E-state index contributed by atoms with van der Waals surface area (Å²) in [5.41, 5.74) is 3.57. The lowest BCUT2D eigenvalue weighted by atomic mass is 10.1. The minimum atomic E-state index is -0.601. The Balaban J connectivity index is 1.61. The predicted octanol–water partition coefficient (Wildman–Crippen LogP) is 4.14. The maximum Gasteiger partial charge on any atom is 0.338 e. The van der Waals surface area contributed by atoms with E-state index in [2.05, 4.69) is 10.4 Å². The number of nitrogens with one attached hydrogen (secondary N) is 1. The van der Waals surface area contributed by atoms with Gasteiger partial charge in [0.2, 0.25) is 5.91 Å². The van der Waals surface area contributed by atoms with E-state index in [1.54, 1.807) is 53.2 Å². The van der Waals surface area contributed by atoms with Crippen LogP contribution in [0.25, 0.3) is 5.69 Å². The van der Waals surface area contributed by atoms with Crippen molar-refractivity contribution in [2.45, 2.75) is 20.8 Å². The van der Waals surface area contributed by atoms with Gasteiger partial charge in [-0.2, -0.15) is 5.10 Å². The van der Waals surface area contributed by atoms with Crippen LogP contribution in [0.3, 0.4) is 0 Å². The van der Waals surface area contributed by atoms with Crippen LogP contribution in [-0.2, 0) is 9.53 Å². The van der Waals surface area contributed by atoms with Crippen molar-refractivity contribution in [2.24, 2.45) is 0 Å². The summed E-state index contributed by atoms with van der Waals surface area (Å²) in [6.45, 7) is 4.70. The Labute approximate surface area is 178 Å². The number of rotatable bonds is 6. The number of ether oxygens (including phenoxy) is 1. The molecule has 1 N–H and O–H groups in total. The Kier molecular flexibility index (Phi) is 6.32. The van der Waals surface area contributed by atoms with Crippen molar-refractivity contribution < 1.29 is 19.1 Å². The van der Waals surface area contributed by atoms with Gasteiger partial charge in [-0.3, -0.25) is 9.59 Å². The maximum absolute atomic E-state index is 12.3. The van der Waals surface area contributed by atoms with Gasteiger partial charge in [-0.25, -0.2) is 9.48 Å². The van der Waals surface area contributed by atoms with E-state index in [-0.39, 0.29) is 18.3 Å². The van der Waals surface area contributed by atoms with Crippen LogP contribution >= 0.6 is 11.6 Å². The van der Waals surface area contributed by atoms with Crippen molar-refractivity contribution in [3.63, 3.8) is 0 Å². The zero-order chi connectivity index (χ0) is 21.8. The van der Waals surface area contributed by atoms with Crippen molar-refractivity contribution >= 4 is 34.9 Å². The molecule has 0 saturated carbocycles. The average Bonchev–Trinajstić information content (AvgIpc) is 2.99. The molecule has 30 heavy (non-hydrogen) atoms. The molecule has 0 aliphatic rings. The first kappa shape index (κ1) is 21.3. The Morgan fingerprint density at radius 2 is 1.60 bits per heavy atom. The van der Waals surface area contributed by atoms with E-state index >= 15 is 0 Å². The Hall–Kier alpha value is -3.45. The molecule has 7 nitrogen and oxygen atoms in total. The molecule has 0 fully saturated rings. The highest BCUT2D eigenvalue weighted by Gasteiger charge is 2.14. The van der Waals surface area contributed by atoms with Crippen LogP contribution in [0.15, 0.2) is 48.5 Å². The number of anilines is 1. The SMILES string of the molecule is CC(=O)Nc1ccc(C(=O)COC(=O)c2ccc(-n3nc(C)c(Cl)c3C)cc2)cc1. The molecule has 3 aromatic rings. The predicted molar refractivity (Wildman–Crippen MR) is 113 cm³/mol. The van der Waals surface area contributed by atoms with Gasteiger partial charge in [0.1, 0.15) is 0 Å². The van der Waals surface area contributed by atoms with Crippen molar-refractivity contribution in [2.75, 3.05) is 11.9 Å². The minimum Gasteiger partial charge on any atom is -0.454 e. The number of aromatic nitrogens is 2. The van der Waals surface area contributed by atoms with Gasteiger partial charge in [-0.1, -0.05) is 11.6 Å². The van der Waals surface area contributed by atoms with E-state index in [1.807, 2.05) is 13.8 Å². The number of hydrogen-bond acceptors (Lipinski definition) is 5. The van der Waals surface area contributed by atoms with Crippen molar-refractivity contribution in [1.29, 1.82) is 0 Å². The molecule has 0 radical (unpaired) electrons. The molecule has 0 spiro atoms. The smallest absolute Gasteiger partial charge is 0.338 e. The lowest BCUT2D eigenvalue weighted by Crippen LogP contribution is -2.14. The zero-order valence-electron chi connectivity index (χ0n) is 16.7. The molecule has 8 heteroatoms. The molecule has 0 atom stereocenters. The van der Waals surface area contributed by atoms with E-state index in [9.17, 15) is 14.4 Å². The molecule has 0 aliphatic carbocycles. The highest BCUT2D eigenvalue weighted by atomic mass is 35.5. The molecule has 154 valence electrons. The van der Waals surface area contributed by atoms with E-state index in [0.717, 1.165) is 17.1 Å². The lowest BCUT2D eigenvalue weighted by molar-refractivity contribution is -0.114. The third-order valence-electron chi connectivity index (χ3n) is 4.41. The molecular weight excluding hydrogens is 406 g/mol. The summed E-state index contributed by atoms with van der Waals surface area (Å²) in [5.74, 6) is -1.14. The number of halogens is 1. The van der Waals surface area contributed by atoms with Crippen LogP contribution in [0.5, 0.6) is 0 Å². The molecule has 1 aromatic heterocycles. The summed E-state index contributed by atoms with van der Waals surface area (Å²) in [5, 5.41) is 7.59. The summed E-state index contributed by atoms with van der Waals surface area (Å²) in [4.78, 5) is 35.5. The van der Waals surface area contributed by atoms with Gasteiger partial charge in [0.05, 0.1) is 27.7 Å². The highest BCUT2D eigenvalue weighted by Crippen LogP contribution is 2.22. The average molecular weight is 426 g/mol. The van der Waals surface area contributed by atoms with E-state index < -0.39 is 5.97 Å². The summed E-state index contributed by atoms with van der Waals surface area (Å²) in [7, 11) is 0. The molecule has 2 aromatic carbocycles.